The SMILES string of the molecule is COc1ccc(C(=O)CCl)c(Cl)c1. The summed E-state index contributed by atoms with van der Waals surface area (Å²) in [5.41, 5.74) is 0.428. The van der Waals surface area contributed by atoms with E-state index in [2.05, 4.69) is 0 Å². The smallest absolute Gasteiger partial charge is 0.179 e. The van der Waals surface area contributed by atoms with Crippen LogP contribution in [-0.4, -0.2) is 18.8 Å². The molecule has 0 aliphatic carbocycles. The van der Waals surface area contributed by atoms with Crippen molar-refractivity contribution in [1.82, 2.24) is 0 Å². The van der Waals surface area contributed by atoms with Crippen LogP contribution in [0.3, 0.4) is 0 Å². The highest BCUT2D eigenvalue weighted by atomic mass is 35.5. The molecule has 4 heteroatoms. The lowest BCUT2D eigenvalue weighted by Gasteiger charge is -2.03. The average Bonchev–Trinajstić information content (AvgIpc) is 2.16. The second kappa shape index (κ2) is 4.49. The van der Waals surface area contributed by atoms with Gasteiger partial charge in [0, 0.05) is 5.56 Å². The number of halogens is 2. The molecule has 1 aromatic rings. The number of benzene rings is 1. The first-order valence-corrected chi connectivity index (χ1v) is 4.53. The van der Waals surface area contributed by atoms with E-state index in [0.717, 1.165) is 0 Å². The van der Waals surface area contributed by atoms with Crippen LogP contribution in [0.15, 0.2) is 18.2 Å². The molecule has 0 atom stereocenters. The van der Waals surface area contributed by atoms with Gasteiger partial charge in [0.05, 0.1) is 18.0 Å². The highest BCUT2D eigenvalue weighted by molar-refractivity contribution is 6.37. The van der Waals surface area contributed by atoms with Gasteiger partial charge in [-0.15, -0.1) is 11.6 Å². The summed E-state index contributed by atoms with van der Waals surface area (Å²) in [5.74, 6) is 0.372. The Labute approximate surface area is 86.4 Å². The van der Waals surface area contributed by atoms with Crippen molar-refractivity contribution >= 4 is 29.0 Å². The molecule has 0 radical (unpaired) electrons. The Balaban J connectivity index is 3.05. The van der Waals surface area contributed by atoms with Crippen LogP contribution in [0, 0.1) is 0 Å². The second-order valence-corrected chi connectivity index (χ2v) is 3.08. The van der Waals surface area contributed by atoms with Crippen LogP contribution < -0.4 is 4.74 Å². The molecule has 0 aliphatic rings. The fourth-order valence-corrected chi connectivity index (χ4v) is 1.34. The lowest BCUT2D eigenvalue weighted by molar-refractivity contribution is 0.102. The highest BCUT2D eigenvalue weighted by Gasteiger charge is 2.09. The summed E-state index contributed by atoms with van der Waals surface area (Å²) in [6.07, 6.45) is 0. The topological polar surface area (TPSA) is 26.3 Å². The van der Waals surface area contributed by atoms with Crippen LogP contribution in [0.25, 0.3) is 0 Å². The maximum absolute atomic E-state index is 11.2. The Hall–Kier alpha value is -0.730. The first kappa shape index (κ1) is 10.4. The number of hydrogen-bond acceptors (Lipinski definition) is 2. The fourth-order valence-electron chi connectivity index (χ4n) is 0.921. The Morgan fingerprint density at radius 1 is 1.54 bits per heavy atom. The molecule has 0 fully saturated rings. The zero-order valence-electron chi connectivity index (χ0n) is 7.01. The Kier molecular flexibility index (Phi) is 3.58. The van der Waals surface area contributed by atoms with Crippen LogP contribution >= 0.6 is 23.2 Å². The zero-order valence-corrected chi connectivity index (χ0v) is 8.52. The van der Waals surface area contributed by atoms with Gasteiger partial charge in [-0.3, -0.25) is 4.79 Å². The number of hydrogen-bond donors (Lipinski definition) is 0. The minimum Gasteiger partial charge on any atom is -0.497 e. The van der Waals surface area contributed by atoms with Crippen molar-refractivity contribution in [3.63, 3.8) is 0 Å². The van der Waals surface area contributed by atoms with Gasteiger partial charge < -0.3 is 4.74 Å². The fraction of sp³-hybridized carbons (Fsp3) is 0.222. The van der Waals surface area contributed by atoms with Gasteiger partial charge in [-0.25, -0.2) is 0 Å². The first-order valence-electron chi connectivity index (χ1n) is 3.61. The number of carbonyl (C=O) groups excluding carboxylic acids is 1. The molecule has 0 unspecified atom stereocenters. The molecule has 1 aromatic carbocycles. The molecule has 2 nitrogen and oxygen atoms in total. The molecule has 0 saturated heterocycles. The predicted octanol–water partition coefficient (Wildman–Crippen LogP) is 2.77. The van der Waals surface area contributed by atoms with E-state index in [1.54, 1.807) is 18.2 Å². The lowest BCUT2D eigenvalue weighted by Crippen LogP contribution is -2.01. The molecule has 0 aliphatic heterocycles. The van der Waals surface area contributed by atoms with Gasteiger partial charge in [0.1, 0.15) is 5.75 Å². The number of methoxy groups -OCH3 is 1. The van der Waals surface area contributed by atoms with Crippen molar-refractivity contribution in [1.29, 1.82) is 0 Å². The molecule has 1 rings (SSSR count). The van der Waals surface area contributed by atoms with E-state index < -0.39 is 0 Å². The van der Waals surface area contributed by atoms with Gasteiger partial charge in [-0.1, -0.05) is 11.6 Å². The summed E-state index contributed by atoms with van der Waals surface area (Å²) in [6, 6.07) is 4.86. The third-order valence-electron chi connectivity index (χ3n) is 1.60. The van der Waals surface area contributed by atoms with E-state index in [9.17, 15) is 4.79 Å². The first-order chi connectivity index (χ1) is 6.19. The maximum Gasteiger partial charge on any atom is 0.179 e. The summed E-state index contributed by atoms with van der Waals surface area (Å²) in [4.78, 5) is 11.2. The summed E-state index contributed by atoms with van der Waals surface area (Å²) in [6.45, 7) is 0. The van der Waals surface area contributed by atoms with Crippen LogP contribution in [0.2, 0.25) is 5.02 Å². The van der Waals surface area contributed by atoms with Crippen LogP contribution in [-0.2, 0) is 0 Å². The standard InChI is InChI=1S/C9H8Cl2O2/c1-13-6-2-3-7(8(11)4-6)9(12)5-10/h2-4H,5H2,1H3. The van der Waals surface area contributed by atoms with E-state index in [4.69, 9.17) is 27.9 Å². The molecular weight excluding hydrogens is 211 g/mol. The van der Waals surface area contributed by atoms with Crippen LogP contribution in [0.1, 0.15) is 10.4 Å². The van der Waals surface area contributed by atoms with Gasteiger partial charge in [0.2, 0.25) is 0 Å². The molecule has 0 heterocycles. The van der Waals surface area contributed by atoms with Crippen LogP contribution in [0.4, 0.5) is 0 Å². The minimum atomic E-state index is -0.186. The van der Waals surface area contributed by atoms with Gasteiger partial charge >= 0.3 is 0 Å². The summed E-state index contributed by atoms with van der Waals surface area (Å²) in [7, 11) is 1.54. The predicted molar refractivity (Wildman–Crippen MR) is 53.1 cm³/mol. The number of alkyl halides is 1. The number of ether oxygens (including phenoxy) is 1. The maximum atomic E-state index is 11.2. The number of ketones is 1. The number of rotatable bonds is 3. The van der Waals surface area contributed by atoms with E-state index in [1.807, 2.05) is 0 Å². The zero-order chi connectivity index (χ0) is 9.84. The number of Topliss-reactive ketones (excluding diaryl/α,β-unsaturated/α-hetero) is 1. The van der Waals surface area contributed by atoms with Crippen molar-refractivity contribution in [2.24, 2.45) is 0 Å². The summed E-state index contributed by atoms with van der Waals surface area (Å²) < 4.78 is 4.93. The molecule has 0 bridgehead atoms. The monoisotopic (exact) mass is 218 g/mol. The molecule has 13 heavy (non-hydrogen) atoms. The van der Waals surface area contributed by atoms with Crippen molar-refractivity contribution in [3.05, 3.63) is 28.8 Å². The molecule has 0 saturated carbocycles. The minimum absolute atomic E-state index is 0.0634. The van der Waals surface area contributed by atoms with Crippen molar-refractivity contribution in [3.8, 4) is 5.75 Å². The van der Waals surface area contributed by atoms with E-state index in [1.165, 1.54) is 7.11 Å². The highest BCUT2D eigenvalue weighted by Crippen LogP contribution is 2.22. The summed E-state index contributed by atoms with van der Waals surface area (Å²) in [5, 5.41) is 0.366. The number of carbonyl (C=O) groups is 1. The molecule has 0 N–H and O–H groups in total. The quantitative estimate of drug-likeness (QED) is 0.577. The van der Waals surface area contributed by atoms with E-state index >= 15 is 0 Å². The molecule has 0 amide bonds. The Morgan fingerprint density at radius 2 is 2.23 bits per heavy atom. The van der Waals surface area contributed by atoms with Crippen molar-refractivity contribution in [2.75, 3.05) is 13.0 Å². The van der Waals surface area contributed by atoms with Gasteiger partial charge in [0.15, 0.2) is 5.78 Å². The van der Waals surface area contributed by atoms with Gasteiger partial charge in [0.25, 0.3) is 0 Å². The molecule has 0 aromatic heterocycles. The molecule has 0 spiro atoms. The van der Waals surface area contributed by atoms with Gasteiger partial charge in [-0.05, 0) is 18.2 Å². The average molecular weight is 219 g/mol. The van der Waals surface area contributed by atoms with Gasteiger partial charge in [-0.2, -0.15) is 0 Å². The largest absolute Gasteiger partial charge is 0.497 e. The van der Waals surface area contributed by atoms with E-state index in [0.29, 0.717) is 16.3 Å². The van der Waals surface area contributed by atoms with Crippen LogP contribution in [0.5, 0.6) is 5.75 Å². The Morgan fingerprint density at radius 3 is 2.69 bits per heavy atom. The third kappa shape index (κ3) is 2.36. The van der Waals surface area contributed by atoms with Crippen molar-refractivity contribution in [2.45, 2.75) is 0 Å². The Bertz CT molecular complexity index is 323. The summed E-state index contributed by atoms with van der Waals surface area (Å²) >= 11 is 11.2. The van der Waals surface area contributed by atoms with Crippen molar-refractivity contribution < 1.29 is 9.53 Å². The molecular formula is C9H8Cl2O2. The second-order valence-electron chi connectivity index (χ2n) is 2.40. The normalized spacial score (nSPS) is 9.77. The third-order valence-corrected chi connectivity index (χ3v) is 2.15. The van der Waals surface area contributed by atoms with E-state index in [-0.39, 0.29) is 11.7 Å². The lowest BCUT2D eigenvalue weighted by atomic mass is 10.1. The molecule has 70 valence electrons.